The highest BCUT2D eigenvalue weighted by Crippen LogP contribution is 2.15. The summed E-state index contributed by atoms with van der Waals surface area (Å²) in [7, 11) is 0. The van der Waals surface area contributed by atoms with Crippen molar-refractivity contribution in [2.75, 3.05) is 5.75 Å². The molecule has 2 rings (SSSR count). The molecule has 20 heavy (non-hydrogen) atoms. The first-order valence-corrected chi connectivity index (χ1v) is 7.34. The van der Waals surface area contributed by atoms with Gasteiger partial charge in [-0.2, -0.15) is 4.73 Å². The highest BCUT2D eigenvalue weighted by Gasteiger charge is 2.09. The summed E-state index contributed by atoms with van der Waals surface area (Å²) < 4.78 is 0.742. The maximum absolute atomic E-state index is 11.7. The molecule has 1 amide bonds. The summed E-state index contributed by atoms with van der Waals surface area (Å²) in [6.07, 6.45) is 1.41. The van der Waals surface area contributed by atoms with E-state index >= 15 is 0 Å². The Kier molecular flexibility index (Phi) is 5.26. The number of carbonyl (C=O) groups is 1. The number of aromatic nitrogens is 1. The van der Waals surface area contributed by atoms with Gasteiger partial charge in [0, 0.05) is 23.7 Å². The van der Waals surface area contributed by atoms with Crippen LogP contribution in [0, 0.1) is 5.21 Å². The minimum Gasteiger partial charge on any atom is -0.618 e. The van der Waals surface area contributed by atoms with Gasteiger partial charge in [0.15, 0.2) is 6.20 Å². The fourth-order valence-electron chi connectivity index (χ4n) is 1.55. The van der Waals surface area contributed by atoms with Crippen LogP contribution < -0.4 is 10.0 Å². The average molecular weight is 309 g/mol. The van der Waals surface area contributed by atoms with E-state index in [2.05, 4.69) is 5.32 Å². The third-order valence-corrected chi connectivity index (χ3v) is 3.96. The van der Waals surface area contributed by atoms with E-state index in [1.54, 1.807) is 24.3 Å². The van der Waals surface area contributed by atoms with E-state index in [-0.39, 0.29) is 11.7 Å². The summed E-state index contributed by atoms with van der Waals surface area (Å²) in [6.45, 7) is 0.380. The predicted molar refractivity (Wildman–Crippen MR) is 79.4 cm³/mol. The molecule has 2 aromatic rings. The van der Waals surface area contributed by atoms with E-state index in [0.717, 1.165) is 10.3 Å². The van der Waals surface area contributed by atoms with Crippen LogP contribution in [0.3, 0.4) is 0 Å². The standard InChI is InChI=1S/C14H13ClN2O2S/c15-12-6-2-1-5-11(12)9-16-13(18)10-20-14-7-3-4-8-17(14)19/h1-8H,9-10H2,(H,16,18). The number of nitrogens with one attached hydrogen (secondary N) is 1. The van der Waals surface area contributed by atoms with Crippen LogP contribution in [0.2, 0.25) is 5.02 Å². The van der Waals surface area contributed by atoms with Gasteiger partial charge in [-0.3, -0.25) is 4.79 Å². The molecule has 1 aromatic heterocycles. The number of halogens is 1. The zero-order valence-electron chi connectivity index (χ0n) is 10.6. The number of pyridine rings is 1. The van der Waals surface area contributed by atoms with Crippen LogP contribution in [-0.4, -0.2) is 11.7 Å². The van der Waals surface area contributed by atoms with Crippen molar-refractivity contribution in [3.63, 3.8) is 0 Å². The molecule has 0 atom stereocenters. The number of rotatable bonds is 5. The molecule has 0 saturated carbocycles. The minimum absolute atomic E-state index is 0.140. The summed E-state index contributed by atoms with van der Waals surface area (Å²) in [5.74, 6) is 0.0512. The van der Waals surface area contributed by atoms with Crippen LogP contribution >= 0.6 is 23.4 Å². The van der Waals surface area contributed by atoms with Crippen molar-refractivity contribution in [3.8, 4) is 0 Å². The van der Waals surface area contributed by atoms with Crippen molar-refractivity contribution in [2.24, 2.45) is 0 Å². The minimum atomic E-state index is -0.140. The zero-order chi connectivity index (χ0) is 14.4. The Bertz CT molecular complexity index is 556. The normalized spacial score (nSPS) is 10.2. The maximum Gasteiger partial charge on any atom is 0.251 e. The van der Waals surface area contributed by atoms with E-state index in [1.807, 2.05) is 18.2 Å². The molecule has 0 fully saturated rings. The van der Waals surface area contributed by atoms with Gasteiger partial charge in [-0.15, -0.1) is 0 Å². The van der Waals surface area contributed by atoms with Gasteiger partial charge in [0.05, 0.1) is 5.75 Å². The maximum atomic E-state index is 11.7. The first-order valence-electron chi connectivity index (χ1n) is 5.98. The van der Waals surface area contributed by atoms with Gasteiger partial charge in [-0.05, 0) is 29.5 Å². The van der Waals surface area contributed by atoms with Crippen LogP contribution in [0.1, 0.15) is 5.56 Å². The van der Waals surface area contributed by atoms with Gasteiger partial charge < -0.3 is 10.5 Å². The SMILES string of the molecule is O=C(CSc1cccc[n+]1[O-])NCc1ccccc1Cl. The predicted octanol–water partition coefficient (Wildman–Crippen LogP) is 2.38. The number of thioether (sulfide) groups is 1. The average Bonchev–Trinajstić information content (AvgIpc) is 2.45. The third-order valence-electron chi connectivity index (χ3n) is 2.57. The summed E-state index contributed by atoms with van der Waals surface area (Å²) in [4.78, 5) is 11.7. The van der Waals surface area contributed by atoms with Crippen molar-refractivity contribution in [2.45, 2.75) is 11.6 Å². The lowest BCUT2D eigenvalue weighted by Gasteiger charge is -2.07. The van der Waals surface area contributed by atoms with E-state index in [1.165, 1.54) is 18.0 Å². The summed E-state index contributed by atoms with van der Waals surface area (Å²) >= 11 is 7.20. The largest absolute Gasteiger partial charge is 0.618 e. The van der Waals surface area contributed by atoms with Crippen LogP contribution in [0.4, 0.5) is 0 Å². The monoisotopic (exact) mass is 308 g/mol. The second kappa shape index (κ2) is 7.17. The van der Waals surface area contributed by atoms with Crippen molar-refractivity contribution in [3.05, 3.63) is 64.5 Å². The molecule has 4 nitrogen and oxygen atoms in total. The van der Waals surface area contributed by atoms with E-state index in [0.29, 0.717) is 16.6 Å². The van der Waals surface area contributed by atoms with E-state index in [9.17, 15) is 10.0 Å². The second-order valence-corrected chi connectivity index (χ2v) is 5.42. The van der Waals surface area contributed by atoms with Crippen molar-refractivity contribution in [1.29, 1.82) is 0 Å². The number of benzene rings is 1. The number of amides is 1. The summed E-state index contributed by atoms with van der Waals surface area (Å²) in [5.41, 5.74) is 0.867. The fraction of sp³-hybridized carbons (Fsp3) is 0.143. The molecular weight excluding hydrogens is 296 g/mol. The van der Waals surface area contributed by atoms with Crippen LogP contribution in [0.5, 0.6) is 0 Å². The Morgan fingerprint density at radius 1 is 1.25 bits per heavy atom. The van der Waals surface area contributed by atoms with Gasteiger partial charge in [0.2, 0.25) is 5.91 Å². The van der Waals surface area contributed by atoms with Gasteiger partial charge >= 0.3 is 0 Å². The number of hydrogen-bond donors (Lipinski definition) is 1. The Morgan fingerprint density at radius 3 is 2.75 bits per heavy atom. The highest BCUT2D eigenvalue weighted by molar-refractivity contribution is 7.99. The molecule has 0 aliphatic heterocycles. The molecule has 1 heterocycles. The first-order chi connectivity index (χ1) is 9.66. The van der Waals surface area contributed by atoms with Crippen molar-refractivity contribution < 1.29 is 9.52 Å². The summed E-state index contributed by atoms with van der Waals surface area (Å²) in [6, 6.07) is 12.4. The molecule has 1 N–H and O–H groups in total. The van der Waals surface area contributed by atoms with Crippen LogP contribution in [0.15, 0.2) is 53.7 Å². The van der Waals surface area contributed by atoms with E-state index < -0.39 is 0 Å². The lowest BCUT2D eigenvalue weighted by atomic mass is 10.2. The van der Waals surface area contributed by atoms with Gasteiger partial charge in [-0.25, -0.2) is 0 Å². The van der Waals surface area contributed by atoms with Gasteiger partial charge in [-0.1, -0.05) is 29.8 Å². The Balaban J connectivity index is 1.82. The topological polar surface area (TPSA) is 56.0 Å². The van der Waals surface area contributed by atoms with Crippen LogP contribution in [-0.2, 0) is 11.3 Å². The Labute approximate surface area is 126 Å². The molecular formula is C14H13ClN2O2S. The molecule has 6 heteroatoms. The molecule has 0 spiro atoms. The molecule has 0 aliphatic rings. The number of carbonyl (C=O) groups excluding carboxylic acids is 1. The Morgan fingerprint density at radius 2 is 2.00 bits per heavy atom. The molecule has 0 aliphatic carbocycles. The van der Waals surface area contributed by atoms with Gasteiger partial charge in [0.1, 0.15) is 0 Å². The highest BCUT2D eigenvalue weighted by atomic mass is 35.5. The van der Waals surface area contributed by atoms with Crippen molar-refractivity contribution >= 4 is 29.3 Å². The molecule has 104 valence electrons. The quantitative estimate of drug-likeness (QED) is 0.524. The fourth-order valence-corrected chi connectivity index (χ4v) is 2.50. The molecule has 0 saturated heterocycles. The smallest absolute Gasteiger partial charge is 0.251 e. The first kappa shape index (κ1) is 14.7. The lowest BCUT2D eigenvalue weighted by Crippen LogP contribution is -2.29. The molecule has 0 bridgehead atoms. The Hall–Kier alpha value is -1.72. The zero-order valence-corrected chi connectivity index (χ0v) is 12.2. The number of nitrogens with zero attached hydrogens (tertiary/aromatic N) is 1. The third kappa shape index (κ3) is 4.15. The lowest BCUT2D eigenvalue weighted by molar-refractivity contribution is -0.645. The number of hydrogen-bond acceptors (Lipinski definition) is 3. The molecule has 0 radical (unpaired) electrons. The van der Waals surface area contributed by atoms with Crippen LogP contribution in [0.25, 0.3) is 0 Å². The second-order valence-electron chi connectivity index (χ2n) is 4.02. The summed E-state index contributed by atoms with van der Waals surface area (Å²) in [5, 5.41) is 15.3. The van der Waals surface area contributed by atoms with Crippen molar-refractivity contribution in [1.82, 2.24) is 5.32 Å². The molecule has 1 aromatic carbocycles. The van der Waals surface area contributed by atoms with E-state index in [4.69, 9.17) is 11.6 Å². The molecule has 0 unspecified atom stereocenters. The van der Waals surface area contributed by atoms with Gasteiger partial charge in [0.25, 0.3) is 5.03 Å².